The molecule has 1 atom stereocenters. The molecule has 1 rings (SSSR count). The molecule has 0 aromatic heterocycles. The van der Waals surface area contributed by atoms with Gasteiger partial charge < -0.3 is 14.9 Å². The molecule has 0 aromatic rings. The average molecular weight is 143 g/mol. The first kappa shape index (κ1) is 7.59. The van der Waals surface area contributed by atoms with Crippen molar-refractivity contribution in [2.45, 2.75) is 19.9 Å². The first-order valence-electron chi connectivity index (χ1n) is 3.12. The van der Waals surface area contributed by atoms with E-state index < -0.39 is 7.12 Å². The molecule has 10 heavy (non-hydrogen) atoms. The molecular formula is C5H10BNO3. The zero-order valence-electron chi connectivity index (χ0n) is 5.96. The van der Waals surface area contributed by atoms with Crippen molar-refractivity contribution in [3.8, 4) is 0 Å². The molecular weight excluding hydrogens is 133 g/mol. The number of nitrogens with one attached hydrogen (secondary N) is 1. The van der Waals surface area contributed by atoms with Crippen molar-refractivity contribution in [3.63, 3.8) is 0 Å². The lowest BCUT2D eigenvalue weighted by molar-refractivity contribution is 0.121. The van der Waals surface area contributed by atoms with E-state index in [-0.39, 0.29) is 6.04 Å². The number of hydrogen-bond acceptors (Lipinski definition) is 4. The summed E-state index contributed by atoms with van der Waals surface area (Å²) in [4.78, 5) is 4.85. The second kappa shape index (κ2) is 2.61. The molecule has 0 bridgehead atoms. The summed E-state index contributed by atoms with van der Waals surface area (Å²) < 4.78 is 0. The van der Waals surface area contributed by atoms with Gasteiger partial charge in [0.1, 0.15) is 5.76 Å². The highest BCUT2D eigenvalue weighted by Gasteiger charge is 2.29. The van der Waals surface area contributed by atoms with Crippen molar-refractivity contribution in [1.29, 1.82) is 0 Å². The van der Waals surface area contributed by atoms with Crippen molar-refractivity contribution in [2.75, 3.05) is 0 Å². The number of allylic oxidation sites excluding steroid dienone is 1. The molecule has 0 fully saturated rings. The van der Waals surface area contributed by atoms with Gasteiger partial charge in [0.25, 0.3) is 0 Å². The van der Waals surface area contributed by atoms with E-state index in [1.165, 1.54) is 0 Å². The van der Waals surface area contributed by atoms with Crippen LogP contribution >= 0.6 is 0 Å². The molecule has 4 nitrogen and oxygen atoms in total. The van der Waals surface area contributed by atoms with E-state index >= 15 is 0 Å². The smallest absolute Gasteiger partial charge is 0.423 e. The third-order valence-electron chi connectivity index (χ3n) is 1.54. The Morgan fingerprint density at radius 2 is 2.20 bits per heavy atom. The lowest BCUT2D eigenvalue weighted by atomic mass is 9.75. The maximum absolute atomic E-state index is 8.77. The predicted octanol–water partition coefficient (Wildman–Crippen LogP) is -0.804. The van der Waals surface area contributed by atoms with Gasteiger partial charge in [0.05, 0.1) is 6.04 Å². The number of rotatable bonds is 1. The maximum atomic E-state index is 8.77. The van der Waals surface area contributed by atoms with E-state index in [2.05, 4.69) is 5.48 Å². The van der Waals surface area contributed by atoms with Gasteiger partial charge in [-0.25, -0.2) is 0 Å². The molecule has 0 saturated carbocycles. The van der Waals surface area contributed by atoms with Crippen molar-refractivity contribution in [3.05, 3.63) is 11.2 Å². The quantitative estimate of drug-likeness (QED) is 0.420. The molecule has 1 heterocycles. The maximum Gasteiger partial charge on any atom is 0.489 e. The molecule has 0 saturated heterocycles. The number of hydroxylamine groups is 1. The first-order chi connectivity index (χ1) is 4.63. The van der Waals surface area contributed by atoms with Crippen LogP contribution in [0.2, 0.25) is 0 Å². The Morgan fingerprint density at radius 3 is 2.40 bits per heavy atom. The summed E-state index contributed by atoms with van der Waals surface area (Å²) in [6, 6.07) is -0.111. The van der Waals surface area contributed by atoms with Gasteiger partial charge in [-0.2, -0.15) is 5.48 Å². The normalized spacial score (nSPS) is 25.0. The lowest BCUT2D eigenvalue weighted by Crippen LogP contribution is -2.28. The van der Waals surface area contributed by atoms with Crippen LogP contribution in [-0.2, 0) is 4.84 Å². The van der Waals surface area contributed by atoms with Crippen molar-refractivity contribution in [2.24, 2.45) is 0 Å². The van der Waals surface area contributed by atoms with Gasteiger partial charge in [0.15, 0.2) is 0 Å². The third kappa shape index (κ3) is 1.16. The van der Waals surface area contributed by atoms with Crippen LogP contribution in [0, 0.1) is 0 Å². The van der Waals surface area contributed by atoms with E-state index in [0.717, 1.165) is 0 Å². The number of hydrogen-bond donors (Lipinski definition) is 3. The summed E-state index contributed by atoms with van der Waals surface area (Å²) in [7, 11) is -1.41. The minimum atomic E-state index is -1.41. The molecule has 5 heteroatoms. The zero-order chi connectivity index (χ0) is 7.72. The first-order valence-corrected chi connectivity index (χ1v) is 3.12. The van der Waals surface area contributed by atoms with E-state index in [1.807, 2.05) is 0 Å². The van der Waals surface area contributed by atoms with E-state index in [9.17, 15) is 0 Å². The summed E-state index contributed by atoms with van der Waals surface area (Å²) in [5, 5.41) is 17.5. The minimum absolute atomic E-state index is 0.111. The molecule has 1 unspecified atom stereocenters. The second-order valence-corrected chi connectivity index (χ2v) is 2.33. The zero-order valence-corrected chi connectivity index (χ0v) is 5.96. The molecule has 0 aliphatic carbocycles. The fourth-order valence-electron chi connectivity index (χ4n) is 1.01. The van der Waals surface area contributed by atoms with Gasteiger partial charge in [0, 0.05) is 5.47 Å². The Labute approximate surface area is 59.6 Å². The molecule has 3 N–H and O–H groups in total. The van der Waals surface area contributed by atoms with Crippen LogP contribution in [0.4, 0.5) is 0 Å². The van der Waals surface area contributed by atoms with Gasteiger partial charge in [-0.3, -0.25) is 0 Å². The summed E-state index contributed by atoms with van der Waals surface area (Å²) in [5.41, 5.74) is 3.11. The predicted molar refractivity (Wildman–Crippen MR) is 36.6 cm³/mol. The molecule has 1 aliphatic heterocycles. The van der Waals surface area contributed by atoms with Gasteiger partial charge in [-0.15, -0.1) is 0 Å². The van der Waals surface area contributed by atoms with Crippen molar-refractivity contribution in [1.82, 2.24) is 5.48 Å². The van der Waals surface area contributed by atoms with Crippen molar-refractivity contribution >= 4 is 7.12 Å². The fraction of sp³-hybridized carbons (Fsp3) is 0.600. The monoisotopic (exact) mass is 143 g/mol. The molecule has 56 valence electrons. The Bertz CT molecular complexity index is 168. The fourth-order valence-corrected chi connectivity index (χ4v) is 1.01. The van der Waals surface area contributed by atoms with Gasteiger partial charge in [0.2, 0.25) is 0 Å². The Balaban J connectivity index is 2.78. The summed E-state index contributed by atoms with van der Waals surface area (Å²) in [5.74, 6) is 0.544. The van der Waals surface area contributed by atoms with Crippen molar-refractivity contribution < 1.29 is 14.9 Å². The lowest BCUT2D eigenvalue weighted by Gasteiger charge is -2.03. The van der Waals surface area contributed by atoms with E-state index in [1.54, 1.807) is 13.8 Å². The highest BCUT2D eigenvalue weighted by molar-refractivity contribution is 6.51. The summed E-state index contributed by atoms with van der Waals surface area (Å²) in [6.45, 7) is 3.48. The highest BCUT2D eigenvalue weighted by atomic mass is 16.7. The average Bonchev–Trinajstić information content (AvgIpc) is 2.11. The highest BCUT2D eigenvalue weighted by Crippen LogP contribution is 2.16. The van der Waals surface area contributed by atoms with Crippen LogP contribution in [0.5, 0.6) is 0 Å². The van der Waals surface area contributed by atoms with Crippen LogP contribution in [0.15, 0.2) is 11.2 Å². The second-order valence-electron chi connectivity index (χ2n) is 2.33. The van der Waals surface area contributed by atoms with Crippen LogP contribution < -0.4 is 5.48 Å². The van der Waals surface area contributed by atoms with Crippen LogP contribution in [-0.4, -0.2) is 23.2 Å². The summed E-state index contributed by atoms with van der Waals surface area (Å²) >= 11 is 0. The molecule has 0 radical (unpaired) electrons. The molecule has 1 aliphatic rings. The van der Waals surface area contributed by atoms with Gasteiger partial charge >= 0.3 is 7.12 Å². The topological polar surface area (TPSA) is 61.7 Å². The van der Waals surface area contributed by atoms with E-state index in [4.69, 9.17) is 14.9 Å². The van der Waals surface area contributed by atoms with Crippen LogP contribution in [0.3, 0.4) is 0 Å². The Kier molecular flexibility index (Phi) is 1.98. The summed E-state index contributed by atoms with van der Waals surface area (Å²) in [6.07, 6.45) is 0. The van der Waals surface area contributed by atoms with Crippen LogP contribution in [0.25, 0.3) is 0 Å². The molecule has 0 amide bonds. The SMILES string of the molecule is CC1=C(B(O)O)C(C)NO1. The standard InChI is InChI=1S/C5H10BNO3/c1-3-5(6(8)9)4(2)10-7-3/h3,7-9H,1-2H3. The Morgan fingerprint density at radius 1 is 1.60 bits per heavy atom. The Hall–Kier alpha value is -0.515. The van der Waals surface area contributed by atoms with Crippen LogP contribution in [0.1, 0.15) is 13.8 Å². The molecule has 0 spiro atoms. The van der Waals surface area contributed by atoms with E-state index in [0.29, 0.717) is 11.2 Å². The third-order valence-corrected chi connectivity index (χ3v) is 1.54. The van der Waals surface area contributed by atoms with Gasteiger partial charge in [-0.1, -0.05) is 0 Å². The molecule has 0 aromatic carbocycles. The minimum Gasteiger partial charge on any atom is -0.423 e. The van der Waals surface area contributed by atoms with Gasteiger partial charge in [-0.05, 0) is 13.8 Å². The largest absolute Gasteiger partial charge is 0.489 e.